The lowest BCUT2D eigenvalue weighted by atomic mass is 9.74. The smallest absolute Gasteiger partial charge is 0.106 e. The summed E-state index contributed by atoms with van der Waals surface area (Å²) in [5.41, 5.74) is 1.75. The number of hydrogen-bond acceptors (Lipinski definition) is 0. The third-order valence-corrected chi connectivity index (χ3v) is 1.67. The molecule has 0 bridgehead atoms. The first-order valence-electron chi connectivity index (χ1n) is 4.66. The predicted molar refractivity (Wildman–Crippen MR) is 57.4 cm³/mol. The van der Waals surface area contributed by atoms with Crippen LogP contribution in [0.5, 0.6) is 0 Å². The van der Waals surface area contributed by atoms with Gasteiger partial charge in [0.25, 0.3) is 0 Å². The first-order chi connectivity index (χ1) is 5.43. The van der Waals surface area contributed by atoms with Gasteiger partial charge in [0.05, 0.1) is 0 Å². The fourth-order valence-electron chi connectivity index (χ4n) is 1.14. The maximum atomic E-state index is 5.82. The predicted octanol–water partition coefficient (Wildman–Crippen LogP) is 2.63. The van der Waals surface area contributed by atoms with Crippen molar-refractivity contribution >= 4 is 15.7 Å². The summed E-state index contributed by atoms with van der Waals surface area (Å²) in [7, 11) is 11.6. The molecule has 0 fully saturated rings. The fourth-order valence-corrected chi connectivity index (χ4v) is 1.14. The molecule has 0 aliphatic carbocycles. The zero-order valence-corrected chi connectivity index (χ0v) is 8.72. The van der Waals surface area contributed by atoms with Crippen molar-refractivity contribution < 1.29 is 0 Å². The van der Waals surface area contributed by atoms with Gasteiger partial charge >= 0.3 is 0 Å². The van der Waals surface area contributed by atoms with E-state index in [0.29, 0.717) is 11.8 Å². The third-order valence-electron chi connectivity index (χ3n) is 1.67. The average Bonchev–Trinajstić information content (AvgIpc) is 1.84. The molecule has 0 aliphatic heterocycles. The Morgan fingerprint density at radius 2 is 1.08 bits per heavy atom. The van der Waals surface area contributed by atoms with Crippen LogP contribution in [0.1, 0.15) is 40.5 Å². The van der Waals surface area contributed by atoms with Crippen LogP contribution in [-0.2, 0) is 0 Å². The fraction of sp³-hybridized carbons (Fsp3) is 0.800. The van der Waals surface area contributed by atoms with Gasteiger partial charge in [0.2, 0.25) is 0 Å². The van der Waals surface area contributed by atoms with Gasteiger partial charge < -0.3 is 0 Å². The number of hydrogen-bond donors (Lipinski definition) is 0. The monoisotopic (exact) mass is 160 g/mol. The maximum Gasteiger partial charge on any atom is 0.106 e. The van der Waals surface area contributed by atoms with Crippen molar-refractivity contribution in [2.24, 2.45) is 11.8 Å². The van der Waals surface area contributed by atoms with Crippen molar-refractivity contribution in [3.05, 3.63) is 10.9 Å². The molecule has 0 N–H and O–H groups in total. The minimum atomic E-state index is 0.593. The largest absolute Gasteiger partial charge is 0.128 e. The molecule has 12 heavy (non-hydrogen) atoms. The van der Waals surface area contributed by atoms with E-state index in [9.17, 15) is 0 Å². The minimum absolute atomic E-state index is 0.593. The highest BCUT2D eigenvalue weighted by atomic mass is 14.0. The highest BCUT2D eigenvalue weighted by Crippen LogP contribution is 2.15. The van der Waals surface area contributed by atoms with Gasteiger partial charge in [0, 0.05) is 0 Å². The molecule has 2 heteroatoms. The van der Waals surface area contributed by atoms with Gasteiger partial charge in [0.1, 0.15) is 15.7 Å². The third kappa shape index (κ3) is 5.51. The lowest BCUT2D eigenvalue weighted by molar-refractivity contribution is 0.633. The van der Waals surface area contributed by atoms with E-state index in [1.54, 1.807) is 0 Å². The standard InChI is InChI=1S/C10H18B2/c1-7(2)5-9(11)10(12)6-8(3)4/h7-8H,5-6H2,1-4H3/b10-9-. The van der Waals surface area contributed by atoms with E-state index in [-0.39, 0.29) is 0 Å². The summed E-state index contributed by atoms with van der Waals surface area (Å²) in [6.45, 7) is 8.59. The van der Waals surface area contributed by atoms with Gasteiger partial charge in [-0.25, -0.2) is 0 Å². The quantitative estimate of drug-likeness (QED) is 0.554. The van der Waals surface area contributed by atoms with E-state index in [1.165, 1.54) is 0 Å². The van der Waals surface area contributed by atoms with Gasteiger partial charge in [-0.15, -0.1) is 10.9 Å². The summed E-state index contributed by atoms with van der Waals surface area (Å²) >= 11 is 0. The van der Waals surface area contributed by atoms with Crippen LogP contribution in [0.4, 0.5) is 0 Å². The zero-order chi connectivity index (χ0) is 9.72. The molecule has 0 saturated heterocycles. The molecule has 0 unspecified atom stereocenters. The molecule has 0 saturated carbocycles. The molecule has 0 nitrogen and oxygen atoms in total. The molecule has 0 aliphatic rings. The van der Waals surface area contributed by atoms with Crippen LogP contribution in [0.3, 0.4) is 0 Å². The molecular weight excluding hydrogens is 142 g/mol. The highest BCUT2D eigenvalue weighted by molar-refractivity contribution is 6.31. The van der Waals surface area contributed by atoms with Crippen molar-refractivity contribution in [2.75, 3.05) is 0 Å². The topological polar surface area (TPSA) is 0 Å². The lowest BCUT2D eigenvalue weighted by Crippen LogP contribution is -2.00. The molecule has 0 spiro atoms. The highest BCUT2D eigenvalue weighted by Gasteiger charge is 2.01. The second-order valence-corrected chi connectivity index (χ2v) is 4.25. The summed E-state index contributed by atoms with van der Waals surface area (Å²) < 4.78 is 0. The summed E-state index contributed by atoms with van der Waals surface area (Å²) in [6, 6.07) is 0. The van der Waals surface area contributed by atoms with Crippen LogP contribution in [0.15, 0.2) is 10.9 Å². The Bertz CT molecular complexity index is 139. The Balaban J connectivity index is 4.06. The molecule has 0 aromatic carbocycles. The van der Waals surface area contributed by atoms with Crippen molar-refractivity contribution in [3.8, 4) is 0 Å². The Hall–Kier alpha value is -0.130. The van der Waals surface area contributed by atoms with Crippen LogP contribution in [0.2, 0.25) is 0 Å². The summed E-state index contributed by atoms with van der Waals surface area (Å²) in [4.78, 5) is 0. The van der Waals surface area contributed by atoms with Crippen molar-refractivity contribution in [1.82, 2.24) is 0 Å². The summed E-state index contributed by atoms with van der Waals surface area (Å²) in [5, 5.41) is 0. The van der Waals surface area contributed by atoms with Crippen molar-refractivity contribution in [1.29, 1.82) is 0 Å². The van der Waals surface area contributed by atoms with Crippen LogP contribution < -0.4 is 0 Å². The van der Waals surface area contributed by atoms with Gasteiger partial charge in [-0.05, 0) is 24.7 Å². The maximum absolute atomic E-state index is 5.82. The van der Waals surface area contributed by atoms with Crippen LogP contribution in [0, 0.1) is 11.8 Å². The summed E-state index contributed by atoms with van der Waals surface area (Å²) in [6.07, 6.45) is 1.83. The molecule has 0 heterocycles. The molecule has 0 aromatic heterocycles. The van der Waals surface area contributed by atoms with E-state index in [4.69, 9.17) is 15.7 Å². The van der Waals surface area contributed by atoms with E-state index >= 15 is 0 Å². The van der Waals surface area contributed by atoms with Crippen molar-refractivity contribution in [2.45, 2.75) is 40.5 Å². The van der Waals surface area contributed by atoms with Crippen LogP contribution in [0.25, 0.3) is 0 Å². The molecule has 0 amide bonds. The Morgan fingerprint density at radius 3 is 1.25 bits per heavy atom. The minimum Gasteiger partial charge on any atom is -0.128 e. The number of rotatable bonds is 4. The SMILES string of the molecule is [B]/C(CC(C)C)=C(\[B])CC(C)C. The second kappa shape index (κ2) is 5.50. The first kappa shape index (κ1) is 11.9. The zero-order valence-electron chi connectivity index (χ0n) is 8.72. The molecular formula is C10H18B2. The van der Waals surface area contributed by atoms with E-state index in [1.807, 2.05) is 0 Å². The van der Waals surface area contributed by atoms with E-state index in [0.717, 1.165) is 23.8 Å². The molecule has 0 rings (SSSR count). The van der Waals surface area contributed by atoms with E-state index < -0.39 is 0 Å². The molecule has 0 aromatic rings. The van der Waals surface area contributed by atoms with E-state index in [2.05, 4.69) is 27.7 Å². The first-order valence-corrected chi connectivity index (χ1v) is 4.66. The van der Waals surface area contributed by atoms with Gasteiger partial charge in [-0.3, -0.25) is 0 Å². The number of allylic oxidation sites excluding steroid dienone is 2. The van der Waals surface area contributed by atoms with Gasteiger partial charge in [-0.2, -0.15) is 0 Å². The normalized spacial score (nSPS) is 13.8. The lowest BCUT2D eigenvalue weighted by Gasteiger charge is -2.12. The molecule has 64 valence electrons. The Morgan fingerprint density at radius 1 is 0.833 bits per heavy atom. The van der Waals surface area contributed by atoms with Crippen molar-refractivity contribution in [3.63, 3.8) is 0 Å². The van der Waals surface area contributed by atoms with Crippen LogP contribution >= 0.6 is 0 Å². The average molecular weight is 160 g/mol. The Kier molecular flexibility index (Phi) is 5.44. The van der Waals surface area contributed by atoms with Gasteiger partial charge in [0.15, 0.2) is 0 Å². The molecule has 0 atom stereocenters. The second-order valence-electron chi connectivity index (χ2n) is 4.25. The van der Waals surface area contributed by atoms with Gasteiger partial charge in [-0.1, -0.05) is 27.7 Å². The molecule has 4 radical (unpaired) electrons. The Labute approximate surface area is 79.6 Å². The summed E-state index contributed by atoms with van der Waals surface area (Å²) in [5.74, 6) is 1.19. The van der Waals surface area contributed by atoms with Crippen LogP contribution in [-0.4, -0.2) is 15.7 Å².